The summed E-state index contributed by atoms with van der Waals surface area (Å²) in [6, 6.07) is 0. The van der Waals surface area contributed by atoms with Gasteiger partial charge in [-0.2, -0.15) is 0 Å². The molecule has 1 heterocycles. The molecule has 1 amide bonds. The molecule has 0 aromatic rings. The molecule has 0 radical (unpaired) electrons. The van der Waals surface area contributed by atoms with E-state index in [0.29, 0.717) is 25.5 Å². The molecule has 0 saturated carbocycles. The number of likely N-dealkylation sites (tertiary alicyclic amines) is 1. The van der Waals surface area contributed by atoms with Gasteiger partial charge in [0.2, 0.25) is 5.91 Å². The smallest absolute Gasteiger partial charge is 0.330 e. The number of carbonyl (C=O) groups is 2. The van der Waals surface area contributed by atoms with Gasteiger partial charge in [0, 0.05) is 25.6 Å². The van der Waals surface area contributed by atoms with E-state index in [1.807, 2.05) is 0 Å². The first-order valence-corrected chi connectivity index (χ1v) is 6.45. The number of hydrogen-bond donors (Lipinski definition) is 0. The Balaban J connectivity index is 2.45. The molecule has 4 nitrogen and oxygen atoms in total. The van der Waals surface area contributed by atoms with Gasteiger partial charge in [-0.05, 0) is 18.3 Å². The first-order chi connectivity index (χ1) is 8.34. The van der Waals surface area contributed by atoms with Crippen LogP contribution < -0.4 is 0 Å². The number of rotatable bonds is 4. The lowest BCUT2D eigenvalue weighted by atomic mass is 9.80. The van der Waals surface area contributed by atoms with E-state index in [-0.39, 0.29) is 17.3 Å². The zero-order valence-electron chi connectivity index (χ0n) is 11.7. The highest BCUT2D eigenvalue weighted by Gasteiger charge is 2.36. The van der Waals surface area contributed by atoms with Crippen LogP contribution in [0.1, 0.15) is 34.1 Å². The van der Waals surface area contributed by atoms with E-state index >= 15 is 0 Å². The van der Waals surface area contributed by atoms with Crippen LogP contribution in [0.3, 0.4) is 0 Å². The predicted octanol–water partition coefficient (Wildman–Crippen LogP) is 2.00. The topological polar surface area (TPSA) is 46.6 Å². The van der Waals surface area contributed by atoms with Gasteiger partial charge in [-0.15, -0.1) is 0 Å². The van der Waals surface area contributed by atoms with Crippen molar-refractivity contribution in [3.8, 4) is 0 Å². The Morgan fingerprint density at radius 3 is 2.67 bits per heavy atom. The third-order valence-corrected chi connectivity index (χ3v) is 3.31. The predicted molar refractivity (Wildman–Crippen MR) is 69.9 cm³/mol. The van der Waals surface area contributed by atoms with Crippen LogP contribution in [0.4, 0.5) is 0 Å². The lowest BCUT2D eigenvalue weighted by molar-refractivity contribution is -0.137. The second kappa shape index (κ2) is 6.03. The molecule has 0 spiro atoms. The lowest BCUT2D eigenvalue weighted by Gasteiger charge is -2.26. The average molecular weight is 253 g/mol. The molecule has 18 heavy (non-hydrogen) atoms. The SMILES string of the molecule is CCOC(=O)/C=C/CN1CC(C(C)(C)C)CC1=O. The standard InChI is InChI=1S/C14H23NO3/c1-5-18-13(17)7-6-8-15-10-11(9-12(15)16)14(2,3)4/h6-7,11H,5,8-10H2,1-4H3/b7-6+. The highest BCUT2D eigenvalue weighted by Crippen LogP contribution is 2.33. The van der Waals surface area contributed by atoms with E-state index in [2.05, 4.69) is 20.8 Å². The molecule has 1 saturated heterocycles. The van der Waals surface area contributed by atoms with Crippen molar-refractivity contribution < 1.29 is 14.3 Å². The molecule has 0 N–H and O–H groups in total. The maximum atomic E-state index is 11.8. The molecule has 0 aromatic heterocycles. The molecular formula is C14H23NO3. The third kappa shape index (κ3) is 4.17. The van der Waals surface area contributed by atoms with Crippen molar-refractivity contribution in [1.82, 2.24) is 4.90 Å². The molecule has 1 rings (SSSR count). The number of esters is 1. The summed E-state index contributed by atoms with van der Waals surface area (Å²) in [4.78, 5) is 24.7. The van der Waals surface area contributed by atoms with Gasteiger partial charge >= 0.3 is 5.97 Å². The van der Waals surface area contributed by atoms with Gasteiger partial charge in [0.1, 0.15) is 0 Å². The Hall–Kier alpha value is -1.32. The summed E-state index contributed by atoms with van der Waals surface area (Å²) in [5.74, 6) is 0.209. The molecule has 1 atom stereocenters. The zero-order valence-corrected chi connectivity index (χ0v) is 11.7. The number of hydrogen-bond acceptors (Lipinski definition) is 3. The van der Waals surface area contributed by atoms with E-state index in [9.17, 15) is 9.59 Å². The molecule has 0 aliphatic carbocycles. The molecule has 1 aliphatic rings. The van der Waals surface area contributed by atoms with E-state index in [1.54, 1.807) is 17.9 Å². The van der Waals surface area contributed by atoms with E-state index in [1.165, 1.54) is 6.08 Å². The minimum Gasteiger partial charge on any atom is -0.463 e. The van der Waals surface area contributed by atoms with E-state index < -0.39 is 0 Å². The fourth-order valence-electron chi connectivity index (χ4n) is 2.00. The molecule has 1 aliphatic heterocycles. The second-order valence-electron chi connectivity index (χ2n) is 5.72. The first-order valence-electron chi connectivity index (χ1n) is 6.45. The van der Waals surface area contributed by atoms with Gasteiger partial charge < -0.3 is 9.64 Å². The van der Waals surface area contributed by atoms with Gasteiger partial charge in [-0.3, -0.25) is 4.79 Å². The van der Waals surface area contributed by atoms with E-state index in [4.69, 9.17) is 4.74 Å². The zero-order chi connectivity index (χ0) is 13.8. The molecule has 0 bridgehead atoms. The summed E-state index contributed by atoms with van der Waals surface area (Å²) in [6.45, 7) is 9.87. The molecule has 102 valence electrons. The van der Waals surface area contributed by atoms with Crippen molar-refractivity contribution >= 4 is 11.9 Å². The summed E-state index contributed by atoms with van der Waals surface area (Å²) < 4.78 is 4.78. The summed E-state index contributed by atoms with van der Waals surface area (Å²) in [6.07, 6.45) is 3.69. The normalized spacial score (nSPS) is 20.8. The van der Waals surface area contributed by atoms with Gasteiger partial charge in [-0.1, -0.05) is 26.8 Å². The maximum Gasteiger partial charge on any atom is 0.330 e. The lowest BCUT2D eigenvalue weighted by Crippen LogP contribution is -2.27. The first kappa shape index (κ1) is 14.7. The molecule has 0 aromatic carbocycles. The van der Waals surface area contributed by atoms with Crippen LogP contribution in [0.25, 0.3) is 0 Å². The van der Waals surface area contributed by atoms with Crippen LogP contribution in [-0.4, -0.2) is 36.5 Å². The summed E-state index contributed by atoms with van der Waals surface area (Å²) in [7, 11) is 0. The van der Waals surface area contributed by atoms with Crippen LogP contribution in [0.15, 0.2) is 12.2 Å². The monoisotopic (exact) mass is 253 g/mol. The second-order valence-corrected chi connectivity index (χ2v) is 5.72. The summed E-state index contributed by atoms with van der Waals surface area (Å²) >= 11 is 0. The number of ether oxygens (including phenoxy) is 1. The van der Waals surface area contributed by atoms with Crippen LogP contribution in [-0.2, 0) is 14.3 Å². The molecular weight excluding hydrogens is 230 g/mol. The van der Waals surface area contributed by atoms with Crippen molar-refractivity contribution in [2.45, 2.75) is 34.1 Å². The fraction of sp³-hybridized carbons (Fsp3) is 0.714. The minimum absolute atomic E-state index is 0.148. The van der Waals surface area contributed by atoms with Gasteiger partial charge in [0.15, 0.2) is 0 Å². The third-order valence-electron chi connectivity index (χ3n) is 3.31. The van der Waals surface area contributed by atoms with Crippen LogP contribution >= 0.6 is 0 Å². The van der Waals surface area contributed by atoms with Crippen molar-refractivity contribution in [2.24, 2.45) is 11.3 Å². The fourth-order valence-corrected chi connectivity index (χ4v) is 2.00. The number of amides is 1. The highest BCUT2D eigenvalue weighted by molar-refractivity contribution is 5.82. The van der Waals surface area contributed by atoms with Gasteiger partial charge in [-0.25, -0.2) is 4.79 Å². The Morgan fingerprint density at radius 1 is 1.50 bits per heavy atom. The maximum absolute atomic E-state index is 11.8. The Labute approximate surface area is 109 Å². The van der Waals surface area contributed by atoms with E-state index in [0.717, 1.165) is 6.54 Å². The van der Waals surface area contributed by atoms with Crippen LogP contribution in [0.5, 0.6) is 0 Å². The number of nitrogens with zero attached hydrogens (tertiary/aromatic N) is 1. The van der Waals surface area contributed by atoms with Gasteiger partial charge in [0.25, 0.3) is 0 Å². The molecule has 1 unspecified atom stereocenters. The Morgan fingerprint density at radius 2 is 2.17 bits per heavy atom. The summed E-state index contributed by atoms with van der Waals surface area (Å²) in [5, 5.41) is 0. The Bertz CT molecular complexity index is 341. The van der Waals surface area contributed by atoms with Gasteiger partial charge in [0.05, 0.1) is 6.61 Å². The quantitative estimate of drug-likeness (QED) is 0.568. The minimum atomic E-state index is -0.350. The number of carbonyl (C=O) groups excluding carboxylic acids is 2. The van der Waals surface area contributed by atoms with Crippen LogP contribution in [0, 0.1) is 11.3 Å². The van der Waals surface area contributed by atoms with Crippen molar-refractivity contribution in [3.05, 3.63) is 12.2 Å². The highest BCUT2D eigenvalue weighted by atomic mass is 16.5. The van der Waals surface area contributed by atoms with Crippen molar-refractivity contribution in [2.75, 3.05) is 19.7 Å². The average Bonchev–Trinajstić information content (AvgIpc) is 2.60. The summed E-state index contributed by atoms with van der Waals surface area (Å²) in [5.41, 5.74) is 0.148. The van der Waals surface area contributed by atoms with Crippen molar-refractivity contribution in [3.63, 3.8) is 0 Å². The van der Waals surface area contributed by atoms with Crippen molar-refractivity contribution in [1.29, 1.82) is 0 Å². The van der Waals surface area contributed by atoms with Crippen LogP contribution in [0.2, 0.25) is 0 Å². The largest absolute Gasteiger partial charge is 0.463 e. The molecule has 4 heteroatoms. The molecule has 1 fully saturated rings. The Kier molecular flexibility index (Phi) is 4.93.